The molecule has 138 valence electrons. The number of anilines is 2. The van der Waals surface area contributed by atoms with Gasteiger partial charge >= 0.3 is 0 Å². The second kappa shape index (κ2) is 7.80. The van der Waals surface area contributed by atoms with Gasteiger partial charge in [-0.25, -0.2) is 4.98 Å². The molecule has 26 heavy (non-hydrogen) atoms. The number of rotatable bonds is 5. The van der Waals surface area contributed by atoms with Crippen molar-refractivity contribution in [1.29, 1.82) is 0 Å². The first-order valence-corrected chi connectivity index (χ1v) is 9.90. The molecule has 1 aliphatic carbocycles. The highest BCUT2D eigenvalue weighted by Gasteiger charge is 2.23. The van der Waals surface area contributed by atoms with Crippen LogP contribution in [-0.4, -0.2) is 41.0 Å². The summed E-state index contributed by atoms with van der Waals surface area (Å²) in [6.07, 6.45) is 5.68. The lowest BCUT2D eigenvalue weighted by atomic mass is 10.0. The van der Waals surface area contributed by atoms with E-state index in [1.807, 2.05) is 19.2 Å². The van der Waals surface area contributed by atoms with Crippen molar-refractivity contribution in [1.82, 2.24) is 14.9 Å². The van der Waals surface area contributed by atoms with Crippen molar-refractivity contribution in [2.45, 2.75) is 44.7 Å². The molecule has 2 aromatic rings. The molecule has 0 radical (unpaired) electrons. The molecule has 0 bridgehead atoms. The Morgan fingerprint density at radius 2 is 2.00 bits per heavy atom. The average molecular weight is 372 g/mol. The highest BCUT2D eigenvalue weighted by molar-refractivity contribution is 6.30. The highest BCUT2D eigenvalue weighted by Crippen LogP contribution is 2.27. The van der Waals surface area contributed by atoms with Gasteiger partial charge in [0.05, 0.1) is 5.69 Å². The Kier molecular flexibility index (Phi) is 5.27. The van der Waals surface area contributed by atoms with Crippen LogP contribution >= 0.6 is 11.6 Å². The maximum atomic E-state index is 5.99. The summed E-state index contributed by atoms with van der Waals surface area (Å²) in [5.74, 6) is 1.76. The first-order chi connectivity index (χ1) is 12.7. The minimum atomic E-state index is 0.389. The predicted molar refractivity (Wildman–Crippen MR) is 107 cm³/mol. The van der Waals surface area contributed by atoms with Crippen molar-refractivity contribution in [2.24, 2.45) is 0 Å². The molecule has 1 atom stereocenters. The standard InChI is InChI=1S/C20H26ClN5/c1-22-19-17-5-2-6-18(17)24-20(25-19)23-16-4-3-11-26(13-16)12-14-7-9-15(21)10-8-14/h7-10,16H,2-6,11-13H2,1H3,(H2,22,23,24,25)/t16-/m0/s1. The van der Waals surface area contributed by atoms with Crippen molar-refractivity contribution < 1.29 is 0 Å². The van der Waals surface area contributed by atoms with E-state index in [1.165, 1.54) is 29.7 Å². The molecule has 2 N–H and O–H groups in total. The van der Waals surface area contributed by atoms with Gasteiger partial charge in [0.25, 0.3) is 0 Å². The zero-order chi connectivity index (χ0) is 17.9. The number of benzene rings is 1. The molecular formula is C20H26ClN5. The van der Waals surface area contributed by atoms with Crippen LogP contribution in [0.25, 0.3) is 0 Å². The van der Waals surface area contributed by atoms with E-state index in [9.17, 15) is 0 Å². The molecule has 1 aromatic carbocycles. The summed E-state index contributed by atoms with van der Waals surface area (Å²) in [5, 5.41) is 7.62. The zero-order valence-corrected chi connectivity index (χ0v) is 16.0. The van der Waals surface area contributed by atoms with Gasteiger partial charge in [-0.15, -0.1) is 0 Å². The fourth-order valence-electron chi connectivity index (χ4n) is 4.05. The van der Waals surface area contributed by atoms with E-state index in [0.29, 0.717) is 6.04 Å². The first-order valence-electron chi connectivity index (χ1n) is 9.52. The number of hydrogen-bond donors (Lipinski definition) is 2. The molecule has 5 nitrogen and oxygen atoms in total. The van der Waals surface area contributed by atoms with E-state index in [1.54, 1.807) is 0 Å². The van der Waals surface area contributed by atoms with Gasteiger partial charge in [0.1, 0.15) is 5.82 Å². The Hall–Kier alpha value is -1.85. The molecule has 0 unspecified atom stereocenters. The van der Waals surface area contributed by atoms with Crippen LogP contribution in [0.2, 0.25) is 5.02 Å². The van der Waals surface area contributed by atoms with E-state index < -0.39 is 0 Å². The molecule has 6 heteroatoms. The minimum Gasteiger partial charge on any atom is -0.373 e. The fraction of sp³-hybridized carbons (Fsp3) is 0.500. The number of nitrogens with zero attached hydrogens (tertiary/aromatic N) is 3. The lowest BCUT2D eigenvalue weighted by Crippen LogP contribution is -2.42. The van der Waals surface area contributed by atoms with Gasteiger partial charge < -0.3 is 10.6 Å². The van der Waals surface area contributed by atoms with Crippen molar-refractivity contribution >= 4 is 23.4 Å². The fourth-order valence-corrected chi connectivity index (χ4v) is 4.18. The SMILES string of the molecule is CNc1nc(N[C@H]2CCCN(Cc3ccc(Cl)cc3)C2)nc2c1CCC2. The van der Waals surface area contributed by atoms with Gasteiger partial charge in [-0.1, -0.05) is 23.7 Å². The summed E-state index contributed by atoms with van der Waals surface area (Å²) in [5.41, 5.74) is 3.81. The monoisotopic (exact) mass is 371 g/mol. The van der Waals surface area contributed by atoms with E-state index in [4.69, 9.17) is 21.6 Å². The van der Waals surface area contributed by atoms with Crippen LogP contribution in [0.3, 0.4) is 0 Å². The summed E-state index contributed by atoms with van der Waals surface area (Å²) in [7, 11) is 1.94. The summed E-state index contributed by atoms with van der Waals surface area (Å²) >= 11 is 5.99. The van der Waals surface area contributed by atoms with Gasteiger partial charge in [-0.3, -0.25) is 4.90 Å². The average Bonchev–Trinajstić information content (AvgIpc) is 3.12. The molecular weight excluding hydrogens is 346 g/mol. The molecule has 0 spiro atoms. The normalized spacial score (nSPS) is 20.0. The number of aromatic nitrogens is 2. The Bertz CT molecular complexity index is 762. The van der Waals surface area contributed by atoms with Gasteiger partial charge in [0.2, 0.25) is 5.95 Å². The van der Waals surface area contributed by atoms with Crippen molar-refractivity contribution in [3.05, 3.63) is 46.1 Å². The Morgan fingerprint density at radius 1 is 1.15 bits per heavy atom. The molecule has 2 heterocycles. The van der Waals surface area contributed by atoms with Gasteiger partial charge in [-0.05, 0) is 56.3 Å². The molecule has 1 aliphatic heterocycles. The van der Waals surface area contributed by atoms with Gasteiger partial charge in [0, 0.05) is 36.8 Å². The van der Waals surface area contributed by atoms with Crippen molar-refractivity contribution in [3.8, 4) is 0 Å². The maximum Gasteiger partial charge on any atom is 0.225 e. The Balaban J connectivity index is 1.41. The number of piperidine rings is 1. The number of halogens is 1. The topological polar surface area (TPSA) is 53.1 Å². The first kappa shape index (κ1) is 17.6. The zero-order valence-electron chi connectivity index (χ0n) is 15.3. The minimum absolute atomic E-state index is 0.389. The largest absolute Gasteiger partial charge is 0.373 e. The summed E-state index contributed by atoms with van der Waals surface area (Å²) in [4.78, 5) is 12.0. The Labute approximate surface area is 160 Å². The van der Waals surface area contributed by atoms with Crippen molar-refractivity contribution in [2.75, 3.05) is 30.8 Å². The van der Waals surface area contributed by atoms with E-state index in [-0.39, 0.29) is 0 Å². The van der Waals surface area contributed by atoms with Gasteiger partial charge in [-0.2, -0.15) is 4.98 Å². The molecule has 0 amide bonds. The molecule has 2 aliphatic rings. The summed E-state index contributed by atoms with van der Waals surface area (Å²) in [6, 6.07) is 8.55. The van der Waals surface area contributed by atoms with Crippen LogP contribution in [0.15, 0.2) is 24.3 Å². The van der Waals surface area contributed by atoms with Crippen LogP contribution < -0.4 is 10.6 Å². The number of nitrogens with one attached hydrogen (secondary N) is 2. The van der Waals surface area contributed by atoms with E-state index >= 15 is 0 Å². The predicted octanol–water partition coefficient (Wildman–Crippen LogP) is 3.74. The van der Waals surface area contributed by atoms with E-state index in [2.05, 4.69) is 27.7 Å². The number of likely N-dealkylation sites (tertiary alicyclic amines) is 1. The third-order valence-electron chi connectivity index (χ3n) is 5.33. The molecule has 4 rings (SSSR count). The molecule has 1 saturated heterocycles. The van der Waals surface area contributed by atoms with Crippen LogP contribution in [0.1, 0.15) is 36.1 Å². The van der Waals surface area contributed by atoms with Crippen LogP contribution in [0.5, 0.6) is 0 Å². The third-order valence-corrected chi connectivity index (χ3v) is 5.58. The number of fused-ring (bicyclic) bond motifs is 1. The number of aryl methyl sites for hydroxylation is 1. The van der Waals surface area contributed by atoms with Gasteiger partial charge in [0.15, 0.2) is 0 Å². The van der Waals surface area contributed by atoms with Crippen LogP contribution in [0, 0.1) is 0 Å². The lowest BCUT2D eigenvalue weighted by molar-refractivity contribution is 0.208. The number of hydrogen-bond acceptors (Lipinski definition) is 5. The molecule has 1 aromatic heterocycles. The highest BCUT2D eigenvalue weighted by atomic mass is 35.5. The molecule has 1 fully saturated rings. The lowest BCUT2D eigenvalue weighted by Gasteiger charge is -2.33. The molecule has 0 saturated carbocycles. The third kappa shape index (κ3) is 3.94. The smallest absolute Gasteiger partial charge is 0.225 e. The van der Waals surface area contributed by atoms with E-state index in [0.717, 1.165) is 55.7 Å². The quantitative estimate of drug-likeness (QED) is 0.838. The maximum absolute atomic E-state index is 5.99. The second-order valence-corrected chi connectivity index (χ2v) is 7.71. The Morgan fingerprint density at radius 3 is 2.81 bits per heavy atom. The van der Waals surface area contributed by atoms with Crippen molar-refractivity contribution in [3.63, 3.8) is 0 Å². The van der Waals surface area contributed by atoms with Crippen LogP contribution in [0.4, 0.5) is 11.8 Å². The summed E-state index contributed by atoms with van der Waals surface area (Å²) in [6.45, 7) is 3.10. The summed E-state index contributed by atoms with van der Waals surface area (Å²) < 4.78 is 0. The second-order valence-electron chi connectivity index (χ2n) is 7.27. The van der Waals surface area contributed by atoms with Crippen LogP contribution in [-0.2, 0) is 19.4 Å².